The molecule has 6 nitrogen and oxygen atoms in total. The Morgan fingerprint density at radius 2 is 1.32 bits per heavy atom. The van der Waals surface area contributed by atoms with Crippen LogP contribution in [0.15, 0.2) is 18.7 Å². The van der Waals surface area contributed by atoms with Crippen molar-refractivity contribution in [2.24, 2.45) is 0 Å². The predicted octanol–water partition coefficient (Wildman–Crippen LogP) is 5.01. The van der Waals surface area contributed by atoms with Crippen molar-refractivity contribution in [3.8, 4) is 23.0 Å². The van der Waals surface area contributed by atoms with Crippen molar-refractivity contribution in [3.05, 3.63) is 18.7 Å². The van der Waals surface area contributed by atoms with Crippen molar-refractivity contribution in [1.29, 1.82) is 0 Å². The highest BCUT2D eigenvalue weighted by Crippen LogP contribution is 2.47. The maximum Gasteiger partial charge on any atom is 0.462 e. The van der Waals surface area contributed by atoms with Gasteiger partial charge in [0.1, 0.15) is 0 Å². The van der Waals surface area contributed by atoms with E-state index in [-0.39, 0.29) is 11.1 Å². The Kier molecular flexibility index (Phi) is 11.3. The van der Waals surface area contributed by atoms with E-state index in [0.29, 0.717) is 43.7 Å². The Morgan fingerprint density at radius 1 is 0.857 bits per heavy atom. The molecule has 0 aliphatic rings. The van der Waals surface area contributed by atoms with Gasteiger partial charge in [-0.1, -0.05) is 38.8 Å². The van der Waals surface area contributed by atoms with E-state index in [4.69, 9.17) is 18.9 Å². The van der Waals surface area contributed by atoms with Crippen LogP contribution in [0.25, 0.3) is 0 Å². The highest BCUT2D eigenvalue weighted by molar-refractivity contribution is 7.71. The highest BCUT2D eigenvalue weighted by Gasteiger charge is 2.38. The molecule has 156 valence electrons. The van der Waals surface area contributed by atoms with Crippen LogP contribution in [0.5, 0.6) is 23.0 Å². The molecular formula is C21H32O6P+. The average Bonchev–Trinajstić information content (AvgIpc) is 2.72. The fourth-order valence-corrected chi connectivity index (χ4v) is 3.27. The van der Waals surface area contributed by atoms with Gasteiger partial charge in [-0.05, 0) is 25.7 Å². The normalized spacial score (nSPS) is 10.9. The summed E-state index contributed by atoms with van der Waals surface area (Å²) in [7, 11) is -2.41. The van der Waals surface area contributed by atoms with Crippen LogP contribution < -0.4 is 24.3 Å². The predicted molar refractivity (Wildman–Crippen MR) is 112 cm³/mol. The minimum absolute atomic E-state index is 0.245. The molecule has 1 aromatic rings. The van der Waals surface area contributed by atoms with Gasteiger partial charge in [-0.15, -0.1) is 0 Å². The van der Waals surface area contributed by atoms with Gasteiger partial charge in [-0.3, -0.25) is 0 Å². The Balaban J connectivity index is 3.67. The van der Waals surface area contributed by atoms with Gasteiger partial charge in [-0.2, -0.15) is 0 Å². The van der Waals surface area contributed by atoms with Crippen molar-refractivity contribution in [2.75, 3.05) is 26.4 Å². The highest BCUT2D eigenvalue weighted by atomic mass is 31.1. The summed E-state index contributed by atoms with van der Waals surface area (Å²) >= 11 is 0. The summed E-state index contributed by atoms with van der Waals surface area (Å²) in [6.07, 6.45) is 4.17. The molecule has 0 bridgehead atoms. The SMILES string of the molecule is C=CC(=O)[P+](=O)c1cc(OCCC)c(OCCC)c(OCCC)c1OCCC. The van der Waals surface area contributed by atoms with E-state index in [0.717, 1.165) is 31.8 Å². The van der Waals surface area contributed by atoms with Gasteiger partial charge in [-0.25, -0.2) is 4.79 Å². The number of carbonyl (C=O) groups is 1. The van der Waals surface area contributed by atoms with E-state index < -0.39 is 13.3 Å². The first-order valence-corrected chi connectivity index (χ1v) is 11.2. The Bertz CT molecular complexity index is 671. The largest absolute Gasteiger partial charge is 0.489 e. The first-order chi connectivity index (χ1) is 13.5. The smallest absolute Gasteiger partial charge is 0.462 e. The van der Waals surface area contributed by atoms with E-state index in [2.05, 4.69) is 6.58 Å². The molecule has 0 aliphatic heterocycles. The second kappa shape index (κ2) is 13.2. The lowest BCUT2D eigenvalue weighted by Gasteiger charge is -2.19. The third kappa shape index (κ3) is 6.52. The third-order valence-electron chi connectivity index (χ3n) is 3.54. The number of hydrogen-bond donors (Lipinski definition) is 0. The van der Waals surface area contributed by atoms with Crippen molar-refractivity contribution in [2.45, 2.75) is 53.4 Å². The van der Waals surface area contributed by atoms with Crippen LogP contribution in [0, 0.1) is 0 Å². The molecule has 1 unspecified atom stereocenters. The molecule has 0 heterocycles. The van der Waals surface area contributed by atoms with Crippen LogP contribution in [0.2, 0.25) is 0 Å². The summed E-state index contributed by atoms with van der Waals surface area (Å²) in [5.41, 5.74) is -0.568. The van der Waals surface area contributed by atoms with Crippen molar-refractivity contribution in [3.63, 3.8) is 0 Å². The quantitative estimate of drug-likeness (QED) is 0.299. The molecular weight excluding hydrogens is 379 g/mol. The molecule has 0 saturated heterocycles. The molecule has 1 rings (SSSR count). The van der Waals surface area contributed by atoms with Gasteiger partial charge in [0.05, 0.1) is 26.4 Å². The van der Waals surface area contributed by atoms with E-state index in [1.165, 1.54) is 0 Å². The molecule has 0 saturated carbocycles. The fourth-order valence-electron chi connectivity index (χ4n) is 2.28. The van der Waals surface area contributed by atoms with Crippen LogP contribution in [-0.2, 0) is 9.36 Å². The standard InChI is InChI=1S/C21H32O6P/c1-6-11-24-16-15-17(28(23)18(22)10-5)20(26-13-8-3)21(27-14-9-4)19(16)25-12-7-2/h10,15H,5-9,11-14H2,1-4H3/q+1. The number of ether oxygens (including phenoxy) is 4. The molecule has 0 aromatic heterocycles. The zero-order valence-electron chi connectivity index (χ0n) is 17.4. The average molecular weight is 411 g/mol. The second-order valence-electron chi connectivity index (χ2n) is 6.11. The van der Waals surface area contributed by atoms with Crippen LogP contribution in [0.4, 0.5) is 0 Å². The molecule has 1 atom stereocenters. The summed E-state index contributed by atoms with van der Waals surface area (Å²) in [4.78, 5) is 12.1. The lowest BCUT2D eigenvalue weighted by Crippen LogP contribution is -2.15. The number of hydrogen-bond acceptors (Lipinski definition) is 6. The minimum atomic E-state index is -2.41. The third-order valence-corrected chi connectivity index (χ3v) is 4.90. The van der Waals surface area contributed by atoms with E-state index >= 15 is 0 Å². The Labute approximate surface area is 169 Å². The first kappa shape index (κ1) is 24.0. The summed E-state index contributed by atoms with van der Waals surface area (Å²) in [6.45, 7) is 13.1. The monoisotopic (exact) mass is 411 g/mol. The van der Waals surface area contributed by atoms with Gasteiger partial charge in [0.2, 0.25) is 22.6 Å². The lowest BCUT2D eigenvalue weighted by molar-refractivity contribution is -0.107. The summed E-state index contributed by atoms with van der Waals surface area (Å²) in [6, 6.07) is 1.57. The maximum absolute atomic E-state index is 12.8. The topological polar surface area (TPSA) is 71.1 Å². The summed E-state index contributed by atoms with van der Waals surface area (Å²) in [5.74, 6) is 1.45. The number of carbonyl (C=O) groups excluding carboxylic acids is 1. The first-order valence-electron chi connectivity index (χ1n) is 9.91. The number of rotatable bonds is 15. The van der Waals surface area contributed by atoms with Gasteiger partial charge < -0.3 is 18.9 Å². The molecule has 28 heavy (non-hydrogen) atoms. The van der Waals surface area contributed by atoms with Crippen molar-refractivity contribution in [1.82, 2.24) is 0 Å². The minimum Gasteiger partial charge on any atom is -0.489 e. The van der Waals surface area contributed by atoms with Gasteiger partial charge in [0, 0.05) is 12.1 Å². The zero-order valence-corrected chi connectivity index (χ0v) is 18.3. The molecule has 0 radical (unpaired) electrons. The summed E-state index contributed by atoms with van der Waals surface area (Å²) < 4.78 is 36.4. The number of allylic oxidation sites excluding steroid dienone is 1. The fraction of sp³-hybridized carbons (Fsp3) is 0.571. The van der Waals surface area contributed by atoms with Crippen LogP contribution in [0.3, 0.4) is 0 Å². The van der Waals surface area contributed by atoms with Gasteiger partial charge in [0.25, 0.3) is 0 Å². The molecule has 0 aliphatic carbocycles. The van der Waals surface area contributed by atoms with Crippen molar-refractivity contribution < 1.29 is 28.3 Å². The molecule has 7 heteroatoms. The Morgan fingerprint density at radius 3 is 1.82 bits per heavy atom. The molecule has 1 aromatic carbocycles. The van der Waals surface area contributed by atoms with E-state index in [9.17, 15) is 9.36 Å². The Hall–Kier alpha value is -2.07. The molecule has 0 N–H and O–H groups in total. The molecule has 0 amide bonds. The van der Waals surface area contributed by atoms with E-state index in [1.807, 2.05) is 27.7 Å². The second-order valence-corrected chi connectivity index (χ2v) is 7.62. The molecule has 0 fully saturated rings. The summed E-state index contributed by atoms with van der Waals surface area (Å²) in [5, 5.41) is 0.245. The van der Waals surface area contributed by atoms with Crippen LogP contribution in [-0.4, -0.2) is 32.0 Å². The molecule has 0 spiro atoms. The van der Waals surface area contributed by atoms with Crippen LogP contribution in [0.1, 0.15) is 53.4 Å². The van der Waals surface area contributed by atoms with Gasteiger partial charge in [0.15, 0.2) is 5.75 Å². The number of benzene rings is 1. The lowest BCUT2D eigenvalue weighted by atomic mass is 10.2. The zero-order chi connectivity index (χ0) is 20.9. The van der Waals surface area contributed by atoms with Crippen LogP contribution >= 0.6 is 7.80 Å². The van der Waals surface area contributed by atoms with E-state index in [1.54, 1.807) is 6.07 Å². The maximum atomic E-state index is 12.8. The van der Waals surface area contributed by atoms with Gasteiger partial charge >= 0.3 is 13.3 Å². The van der Waals surface area contributed by atoms with Crippen molar-refractivity contribution >= 4 is 18.6 Å².